The van der Waals surface area contributed by atoms with Gasteiger partial charge in [0.15, 0.2) is 11.4 Å². The quantitative estimate of drug-likeness (QED) is 0.663. The van der Waals surface area contributed by atoms with E-state index in [4.69, 9.17) is 0 Å². The molecule has 108 valence electrons. The zero-order chi connectivity index (χ0) is 14.8. The van der Waals surface area contributed by atoms with Gasteiger partial charge in [-0.1, -0.05) is 32.0 Å². The van der Waals surface area contributed by atoms with Crippen LogP contribution in [0.1, 0.15) is 43.3 Å². The molecule has 1 unspecified atom stereocenters. The second kappa shape index (κ2) is 4.28. The molecule has 0 spiro atoms. The van der Waals surface area contributed by atoms with Crippen LogP contribution in [0.2, 0.25) is 0 Å². The Bertz CT molecular complexity index is 862. The van der Waals surface area contributed by atoms with E-state index in [2.05, 4.69) is 50.0 Å². The van der Waals surface area contributed by atoms with Gasteiger partial charge in [0, 0.05) is 28.8 Å². The molecule has 0 aliphatic heterocycles. The summed E-state index contributed by atoms with van der Waals surface area (Å²) in [5, 5.41) is 13.3. The number of aliphatic hydroxyl groups excluding tert-OH is 1. The fourth-order valence-corrected chi connectivity index (χ4v) is 4.93. The van der Waals surface area contributed by atoms with Crippen LogP contribution in [0.4, 0.5) is 0 Å². The molecule has 3 aromatic rings. The lowest BCUT2D eigenvalue weighted by Crippen LogP contribution is -2.32. The van der Waals surface area contributed by atoms with Crippen molar-refractivity contribution < 1.29 is 10.1 Å². The van der Waals surface area contributed by atoms with Crippen LogP contribution in [0.5, 0.6) is 0 Å². The van der Waals surface area contributed by atoms with E-state index in [1.54, 1.807) is 0 Å². The summed E-state index contributed by atoms with van der Waals surface area (Å²) in [7, 11) is 0. The maximum atomic E-state index is 10.7. The maximum absolute atomic E-state index is 10.7. The van der Waals surface area contributed by atoms with Crippen LogP contribution in [0.25, 0.3) is 20.2 Å². The van der Waals surface area contributed by atoms with Crippen LogP contribution in [0, 0.1) is 12.3 Å². The molecule has 0 amide bonds. The summed E-state index contributed by atoms with van der Waals surface area (Å²) in [6.45, 7) is 6.61. The second-order valence-corrected chi connectivity index (χ2v) is 8.06. The van der Waals surface area contributed by atoms with E-state index >= 15 is 0 Å². The highest BCUT2D eigenvalue weighted by molar-refractivity contribution is 7.26. The molecular formula is C18H20NOS+. The number of aromatic nitrogens is 1. The molecule has 2 nitrogen and oxygen atoms in total. The molecule has 0 saturated carbocycles. The number of pyridine rings is 1. The van der Waals surface area contributed by atoms with Crippen molar-refractivity contribution in [3.8, 4) is 0 Å². The van der Waals surface area contributed by atoms with Crippen LogP contribution >= 0.6 is 11.3 Å². The Morgan fingerprint density at radius 2 is 2.05 bits per heavy atom. The normalized spacial score (nSPS) is 20.9. The number of hydrogen-bond donors (Lipinski definition) is 1. The van der Waals surface area contributed by atoms with Crippen LogP contribution in [0.3, 0.4) is 0 Å². The van der Waals surface area contributed by atoms with E-state index in [1.165, 1.54) is 31.6 Å². The fourth-order valence-electron chi connectivity index (χ4n) is 3.76. The average molecular weight is 298 g/mol. The van der Waals surface area contributed by atoms with Crippen molar-refractivity contribution in [2.24, 2.45) is 5.41 Å². The Hall–Kier alpha value is -1.45. The number of aliphatic hydroxyl groups is 1. The van der Waals surface area contributed by atoms with Gasteiger partial charge in [0.05, 0.1) is 11.7 Å². The first-order chi connectivity index (χ1) is 9.96. The predicted octanol–water partition coefficient (Wildman–Crippen LogP) is 4.18. The monoisotopic (exact) mass is 298 g/mol. The van der Waals surface area contributed by atoms with Crippen molar-refractivity contribution in [1.82, 2.24) is 0 Å². The van der Waals surface area contributed by atoms with Gasteiger partial charge in [-0.05, 0) is 17.9 Å². The minimum Gasteiger partial charge on any atom is -0.388 e. The van der Waals surface area contributed by atoms with Gasteiger partial charge in [0.2, 0.25) is 0 Å². The summed E-state index contributed by atoms with van der Waals surface area (Å²) >= 11 is 1.82. The number of H-pyrrole nitrogens is 1. The van der Waals surface area contributed by atoms with E-state index in [-0.39, 0.29) is 11.5 Å². The number of nitrogens with one attached hydrogen (secondary N) is 1. The number of benzene rings is 1. The standard InChI is InChI=1S/C18H19NOS/c1-10-17-15(11-6-4-5-7-14(11)21-17)16-12(19-10)8-18(2,3)9-13(16)20/h4-7,13,20H,8-9H2,1-3H3/p+1. The average Bonchev–Trinajstić information content (AvgIpc) is 2.77. The van der Waals surface area contributed by atoms with E-state index in [0.29, 0.717) is 0 Å². The van der Waals surface area contributed by atoms with Crippen molar-refractivity contribution in [2.75, 3.05) is 0 Å². The van der Waals surface area contributed by atoms with Crippen molar-refractivity contribution in [2.45, 2.75) is 39.7 Å². The summed E-state index contributed by atoms with van der Waals surface area (Å²) < 4.78 is 2.59. The summed E-state index contributed by atoms with van der Waals surface area (Å²) in [4.78, 5) is 3.57. The molecular weight excluding hydrogens is 278 g/mol. The Balaban J connectivity index is 2.15. The molecule has 2 heterocycles. The topological polar surface area (TPSA) is 34.4 Å². The SMILES string of the molecule is Cc1[nH+]c2c(c3c1sc1ccccc13)C(O)CC(C)(C)C2. The molecule has 0 radical (unpaired) electrons. The van der Waals surface area contributed by atoms with Gasteiger partial charge in [0.25, 0.3) is 0 Å². The van der Waals surface area contributed by atoms with Gasteiger partial charge in [-0.25, -0.2) is 4.98 Å². The first-order valence-electron chi connectivity index (χ1n) is 7.50. The Morgan fingerprint density at radius 3 is 2.86 bits per heavy atom. The largest absolute Gasteiger partial charge is 0.388 e. The second-order valence-electron chi connectivity index (χ2n) is 7.01. The fraction of sp³-hybridized carbons (Fsp3) is 0.389. The molecule has 1 atom stereocenters. The predicted molar refractivity (Wildman–Crippen MR) is 87.7 cm³/mol. The first kappa shape index (κ1) is 13.2. The minimum absolute atomic E-state index is 0.148. The highest BCUT2D eigenvalue weighted by Gasteiger charge is 2.37. The number of hydrogen-bond acceptors (Lipinski definition) is 2. The van der Waals surface area contributed by atoms with Crippen LogP contribution in [0.15, 0.2) is 24.3 Å². The lowest BCUT2D eigenvalue weighted by Gasteiger charge is -2.32. The number of fused-ring (bicyclic) bond motifs is 5. The van der Waals surface area contributed by atoms with Gasteiger partial charge in [-0.3, -0.25) is 0 Å². The van der Waals surface area contributed by atoms with Gasteiger partial charge in [-0.2, -0.15) is 0 Å². The molecule has 1 aromatic carbocycles. The molecule has 0 fully saturated rings. The smallest absolute Gasteiger partial charge is 0.194 e. The van der Waals surface area contributed by atoms with Crippen LogP contribution < -0.4 is 4.98 Å². The zero-order valence-electron chi connectivity index (χ0n) is 12.7. The lowest BCUT2D eigenvalue weighted by atomic mass is 9.74. The van der Waals surface area contributed by atoms with E-state index in [1.807, 2.05) is 11.3 Å². The van der Waals surface area contributed by atoms with Gasteiger partial charge in [-0.15, -0.1) is 11.3 Å². The highest BCUT2D eigenvalue weighted by Crippen LogP contribution is 2.46. The number of rotatable bonds is 0. The number of thiophene rings is 1. The van der Waals surface area contributed by atoms with Crippen LogP contribution in [-0.2, 0) is 6.42 Å². The molecule has 2 aromatic heterocycles. The Morgan fingerprint density at radius 1 is 1.29 bits per heavy atom. The lowest BCUT2D eigenvalue weighted by molar-refractivity contribution is -0.401. The van der Waals surface area contributed by atoms with Gasteiger partial charge in [0.1, 0.15) is 4.70 Å². The maximum Gasteiger partial charge on any atom is 0.194 e. The van der Waals surface area contributed by atoms with Crippen molar-refractivity contribution in [3.05, 3.63) is 41.2 Å². The molecule has 3 heteroatoms. The minimum atomic E-state index is -0.374. The van der Waals surface area contributed by atoms with Crippen LogP contribution in [-0.4, -0.2) is 5.11 Å². The molecule has 4 rings (SSSR count). The third-order valence-corrected chi connectivity index (χ3v) is 5.89. The first-order valence-corrected chi connectivity index (χ1v) is 8.32. The molecule has 1 aliphatic carbocycles. The third-order valence-electron chi connectivity index (χ3n) is 4.60. The van der Waals surface area contributed by atoms with E-state index in [0.717, 1.165) is 18.4 Å². The van der Waals surface area contributed by atoms with Crippen molar-refractivity contribution >= 4 is 31.5 Å². The van der Waals surface area contributed by atoms with Crippen molar-refractivity contribution in [1.29, 1.82) is 0 Å². The van der Waals surface area contributed by atoms with Gasteiger partial charge >= 0.3 is 0 Å². The summed E-state index contributed by atoms with van der Waals surface area (Å²) in [6, 6.07) is 8.53. The van der Waals surface area contributed by atoms with E-state index in [9.17, 15) is 5.11 Å². The Kier molecular flexibility index (Phi) is 2.69. The molecule has 2 N–H and O–H groups in total. The zero-order valence-corrected chi connectivity index (χ0v) is 13.5. The Labute approximate surface area is 128 Å². The molecule has 1 aliphatic rings. The summed E-state index contributed by atoms with van der Waals surface area (Å²) in [5.74, 6) is 0. The summed E-state index contributed by atoms with van der Waals surface area (Å²) in [5.41, 5.74) is 3.71. The molecule has 21 heavy (non-hydrogen) atoms. The molecule has 0 bridgehead atoms. The third kappa shape index (κ3) is 1.91. The van der Waals surface area contributed by atoms with E-state index < -0.39 is 0 Å². The number of aryl methyl sites for hydroxylation is 1. The highest BCUT2D eigenvalue weighted by atomic mass is 32.1. The summed E-state index contributed by atoms with van der Waals surface area (Å²) in [6.07, 6.45) is 1.46. The molecule has 0 saturated heterocycles. The van der Waals surface area contributed by atoms with Crippen molar-refractivity contribution in [3.63, 3.8) is 0 Å². The number of aromatic amines is 1. The van der Waals surface area contributed by atoms with Gasteiger partial charge < -0.3 is 5.11 Å².